The largest absolute Gasteiger partial charge is 0.491 e. The second-order valence-electron chi connectivity index (χ2n) is 11.4. The van der Waals surface area contributed by atoms with Crippen molar-refractivity contribution in [2.75, 3.05) is 61.0 Å². The Labute approximate surface area is 257 Å². The van der Waals surface area contributed by atoms with Gasteiger partial charge < -0.3 is 39.7 Å². The summed E-state index contributed by atoms with van der Waals surface area (Å²) in [5.41, 5.74) is 1.10. The molecule has 44 heavy (non-hydrogen) atoms. The third-order valence-electron chi connectivity index (χ3n) is 7.44. The van der Waals surface area contributed by atoms with Crippen molar-refractivity contribution in [1.29, 1.82) is 0 Å². The lowest BCUT2D eigenvalue weighted by Gasteiger charge is -2.30. The van der Waals surface area contributed by atoms with Crippen molar-refractivity contribution >= 4 is 29.7 Å². The maximum Gasteiger partial charge on any atom is 0.408 e. The van der Waals surface area contributed by atoms with Crippen LogP contribution in [0.25, 0.3) is 0 Å². The molecule has 13 nitrogen and oxygen atoms in total. The molecule has 2 aliphatic heterocycles. The summed E-state index contributed by atoms with van der Waals surface area (Å²) in [5, 5.41) is 5.56. The van der Waals surface area contributed by atoms with E-state index in [1.807, 2.05) is 18.2 Å². The third-order valence-corrected chi connectivity index (χ3v) is 7.44. The van der Waals surface area contributed by atoms with Crippen molar-refractivity contribution in [2.24, 2.45) is 0 Å². The first kappa shape index (κ1) is 32.3. The molecule has 4 rings (SSSR count). The van der Waals surface area contributed by atoms with Crippen LogP contribution in [-0.2, 0) is 25.7 Å². The van der Waals surface area contributed by atoms with Gasteiger partial charge in [-0.15, -0.1) is 0 Å². The Kier molecular flexibility index (Phi) is 10.8. The van der Waals surface area contributed by atoms with E-state index in [2.05, 4.69) is 10.6 Å². The van der Waals surface area contributed by atoms with Gasteiger partial charge in [0.15, 0.2) is 0 Å². The van der Waals surface area contributed by atoms with E-state index in [9.17, 15) is 24.0 Å². The monoisotopic (exact) mass is 608 g/mol. The topological polar surface area (TPSA) is 141 Å². The van der Waals surface area contributed by atoms with Gasteiger partial charge in [0, 0.05) is 32.2 Å². The van der Waals surface area contributed by atoms with Crippen LogP contribution in [0.15, 0.2) is 54.6 Å². The summed E-state index contributed by atoms with van der Waals surface area (Å²) in [6.07, 6.45) is -0.376. The quantitative estimate of drug-likeness (QED) is 0.485. The Balaban J connectivity index is 1.55. The number of hydrogen-bond donors (Lipinski definition) is 2. The summed E-state index contributed by atoms with van der Waals surface area (Å²) in [6.45, 7) is 0.133. The molecular formula is C31H40N6O7. The smallest absolute Gasteiger partial charge is 0.408 e. The number of nitrogens with one attached hydrogen (secondary N) is 2. The SMILES string of the molecule is CN(C)CC(=O)N[C@@H]1C[C@H]2COc3cccc(c3)C(=O)N(C)C[C@H](NC(=O)OCc3ccccc3)C(=O)N(C)CC(=O)N2C1. The number of ether oxygens (including phenoxy) is 2. The fourth-order valence-corrected chi connectivity index (χ4v) is 5.26. The van der Waals surface area contributed by atoms with Gasteiger partial charge in [-0.25, -0.2) is 4.79 Å². The average Bonchev–Trinajstić information content (AvgIpc) is 3.40. The maximum absolute atomic E-state index is 13.6. The third kappa shape index (κ3) is 8.69. The minimum absolute atomic E-state index is 0.00787. The number of likely N-dealkylation sites (N-methyl/N-ethyl adjacent to an activating group) is 3. The second-order valence-corrected chi connectivity index (χ2v) is 11.4. The normalized spacial score (nSPS) is 21.2. The van der Waals surface area contributed by atoms with Crippen LogP contribution in [0.2, 0.25) is 0 Å². The number of nitrogens with zero attached hydrogens (tertiary/aromatic N) is 4. The first-order valence-electron chi connectivity index (χ1n) is 14.4. The molecule has 0 aliphatic carbocycles. The summed E-state index contributed by atoms with van der Waals surface area (Å²) in [4.78, 5) is 71.6. The molecule has 0 radical (unpaired) electrons. The molecule has 0 saturated carbocycles. The predicted molar refractivity (Wildman–Crippen MR) is 161 cm³/mol. The zero-order valence-electron chi connectivity index (χ0n) is 25.5. The Hall–Kier alpha value is -4.65. The van der Waals surface area contributed by atoms with E-state index in [-0.39, 0.29) is 69.2 Å². The van der Waals surface area contributed by atoms with Crippen LogP contribution in [0, 0.1) is 0 Å². The molecule has 2 aromatic carbocycles. The van der Waals surface area contributed by atoms with E-state index in [4.69, 9.17) is 9.47 Å². The van der Waals surface area contributed by atoms with Gasteiger partial charge in [0.2, 0.25) is 17.7 Å². The zero-order chi connectivity index (χ0) is 31.8. The molecule has 1 saturated heterocycles. The summed E-state index contributed by atoms with van der Waals surface area (Å²) in [6, 6.07) is 13.8. The molecule has 3 atom stereocenters. The van der Waals surface area contributed by atoms with Crippen molar-refractivity contribution < 1.29 is 33.4 Å². The number of alkyl carbamates (subject to hydrolysis) is 1. The highest BCUT2D eigenvalue weighted by atomic mass is 16.5. The van der Waals surface area contributed by atoms with Crippen LogP contribution in [0.1, 0.15) is 22.3 Å². The van der Waals surface area contributed by atoms with Gasteiger partial charge in [-0.05, 0) is 44.3 Å². The number of carbonyl (C=O) groups is 5. The summed E-state index contributed by atoms with van der Waals surface area (Å²) >= 11 is 0. The molecule has 2 N–H and O–H groups in total. The minimum Gasteiger partial charge on any atom is -0.491 e. The number of carbonyl (C=O) groups excluding carboxylic acids is 5. The van der Waals surface area contributed by atoms with E-state index in [1.165, 1.54) is 23.9 Å². The molecule has 2 heterocycles. The van der Waals surface area contributed by atoms with Crippen LogP contribution in [0.5, 0.6) is 5.75 Å². The standard InChI is InChI=1S/C31H40N6O7/c1-34(2)17-27(38)32-23-14-24-20-43-25-12-8-11-22(13-25)29(40)35(3)16-26(30(41)36(4)18-28(39)37(24)15-23)33-31(42)44-19-21-9-6-5-7-10-21/h5-13,23-24,26H,14-20H2,1-4H3,(H,32,38)(H,33,42)/t23-,24+,26+/m1/s1. The number of rotatable bonds is 6. The van der Waals surface area contributed by atoms with Gasteiger partial charge in [0.05, 0.1) is 25.7 Å². The lowest BCUT2D eigenvalue weighted by molar-refractivity contribution is -0.141. The van der Waals surface area contributed by atoms with Gasteiger partial charge >= 0.3 is 6.09 Å². The molecular weight excluding hydrogens is 568 g/mol. The fraction of sp³-hybridized carbons (Fsp3) is 0.452. The first-order valence-corrected chi connectivity index (χ1v) is 14.4. The predicted octanol–water partition coefficient (Wildman–Crippen LogP) is 0.552. The number of benzene rings is 2. The molecule has 2 aromatic rings. The number of amides is 5. The molecule has 2 aliphatic rings. The molecule has 2 bridgehead atoms. The molecule has 0 spiro atoms. The maximum atomic E-state index is 13.6. The van der Waals surface area contributed by atoms with Gasteiger partial charge in [-0.2, -0.15) is 0 Å². The highest BCUT2D eigenvalue weighted by molar-refractivity contribution is 5.95. The highest BCUT2D eigenvalue weighted by Gasteiger charge is 2.38. The average molecular weight is 609 g/mol. The molecule has 5 amide bonds. The Morgan fingerprint density at radius 3 is 2.45 bits per heavy atom. The van der Waals surface area contributed by atoms with Crippen LogP contribution >= 0.6 is 0 Å². The van der Waals surface area contributed by atoms with E-state index in [0.29, 0.717) is 17.7 Å². The van der Waals surface area contributed by atoms with Gasteiger partial charge in [0.1, 0.15) is 25.0 Å². The van der Waals surface area contributed by atoms with Crippen molar-refractivity contribution in [3.05, 3.63) is 65.7 Å². The molecule has 13 heteroatoms. The summed E-state index contributed by atoms with van der Waals surface area (Å²) in [5.74, 6) is -1.00. The van der Waals surface area contributed by atoms with Crippen molar-refractivity contribution in [1.82, 2.24) is 30.2 Å². The van der Waals surface area contributed by atoms with E-state index in [1.54, 1.807) is 60.3 Å². The Bertz CT molecular complexity index is 1350. The number of hydrogen-bond acceptors (Lipinski definition) is 8. The molecule has 0 aromatic heterocycles. The second kappa shape index (κ2) is 14.7. The van der Waals surface area contributed by atoms with Crippen molar-refractivity contribution in [2.45, 2.75) is 31.2 Å². The molecule has 236 valence electrons. The van der Waals surface area contributed by atoms with Crippen LogP contribution in [-0.4, -0.2) is 128 Å². The number of fused-ring (bicyclic) bond motifs is 3. The Morgan fingerprint density at radius 1 is 0.977 bits per heavy atom. The van der Waals surface area contributed by atoms with Crippen molar-refractivity contribution in [3.63, 3.8) is 0 Å². The van der Waals surface area contributed by atoms with Gasteiger partial charge in [-0.3, -0.25) is 19.2 Å². The van der Waals surface area contributed by atoms with E-state index in [0.717, 1.165) is 5.56 Å². The zero-order valence-corrected chi connectivity index (χ0v) is 25.5. The molecule has 1 fully saturated rings. The van der Waals surface area contributed by atoms with Gasteiger partial charge in [0.25, 0.3) is 5.91 Å². The highest BCUT2D eigenvalue weighted by Crippen LogP contribution is 2.22. The summed E-state index contributed by atoms with van der Waals surface area (Å²) in [7, 11) is 6.58. The first-order chi connectivity index (χ1) is 21.0. The van der Waals surface area contributed by atoms with E-state index >= 15 is 0 Å². The molecule has 0 unspecified atom stereocenters. The lowest BCUT2D eigenvalue weighted by atomic mass is 10.1. The van der Waals surface area contributed by atoms with E-state index < -0.39 is 18.0 Å². The lowest BCUT2D eigenvalue weighted by Crippen LogP contribution is -2.55. The Morgan fingerprint density at radius 2 is 1.73 bits per heavy atom. The van der Waals surface area contributed by atoms with Gasteiger partial charge in [-0.1, -0.05) is 36.4 Å². The fourth-order valence-electron chi connectivity index (χ4n) is 5.26. The summed E-state index contributed by atoms with van der Waals surface area (Å²) < 4.78 is 11.4. The van der Waals surface area contributed by atoms with Crippen LogP contribution in [0.4, 0.5) is 4.79 Å². The van der Waals surface area contributed by atoms with Crippen LogP contribution in [0.3, 0.4) is 0 Å². The van der Waals surface area contributed by atoms with Crippen molar-refractivity contribution in [3.8, 4) is 5.75 Å². The minimum atomic E-state index is -1.19. The van der Waals surface area contributed by atoms with Crippen LogP contribution < -0.4 is 15.4 Å².